The van der Waals surface area contributed by atoms with Crippen molar-refractivity contribution in [3.05, 3.63) is 47.0 Å². The van der Waals surface area contributed by atoms with Crippen molar-refractivity contribution < 1.29 is 19.7 Å². The quantitative estimate of drug-likeness (QED) is 0.620. The summed E-state index contributed by atoms with van der Waals surface area (Å²) < 4.78 is 5.36. The molecule has 1 rings (SSSR count). The molecule has 1 aromatic rings. The van der Waals surface area contributed by atoms with Gasteiger partial charge in [-0.1, -0.05) is 41.4 Å². The molecule has 6 heteroatoms. The van der Waals surface area contributed by atoms with Crippen molar-refractivity contribution in [1.82, 2.24) is 0 Å². The maximum Gasteiger partial charge on any atom is 0.339 e. The van der Waals surface area contributed by atoms with Gasteiger partial charge in [-0.25, -0.2) is 4.79 Å². The Morgan fingerprint density at radius 1 is 1.13 bits per heavy atom. The highest BCUT2D eigenvalue weighted by Crippen LogP contribution is 2.20. The molecule has 2 unspecified atom stereocenters. The van der Waals surface area contributed by atoms with E-state index in [9.17, 15) is 9.90 Å². The zero-order valence-corrected chi connectivity index (χ0v) is 14.7. The van der Waals surface area contributed by atoms with Gasteiger partial charge in [0, 0.05) is 0 Å². The summed E-state index contributed by atoms with van der Waals surface area (Å²) in [4.78, 5) is 12.3. The lowest BCUT2D eigenvalue weighted by Crippen LogP contribution is -2.24. The maximum atomic E-state index is 12.3. The Morgan fingerprint density at radius 2 is 1.70 bits per heavy atom. The van der Waals surface area contributed by atoms with Crippen LogP contribution in [-0.2, 0) is 4.74 Å². The van der Waals surface area contributed by atoms with Gasteiger partial charge >= 0.3 is 5.97 Å². The fourth-order valence-corrected chi connectivity index (χ4v) is 1.86. The predicted molar refractivity (Wildman–Crippen MR) is 93.4 cm³/mol. The lowest BCUT2D eigenvalue weighted by molar-refractivity contribution is 0.00693. The molecule has 0 fully saturated rings. The highest BCUT2D eigenvalue weighted by Gasteiger charge is 2.19. The van der Waals surface area contributed by atoms with E-state index < -0.39 is 22.7 Å². The number of halogens is 2. The molecule has 0 heterocycles. The van der Waals surface area contributed by atoms with Crippen LogP contribution in [-0.4, -0.2) is 32.9 Å². The maximum absolute atomic E-state index is 12.3. The van der Waals surface area contributed by atoms with Crippen molar-refractivity contribution in [3.8, 4) is 0 Å². The van der Waals surface area contributed by atoms with E-state index in [1.54, 1.807) is 45.0 Å². The summed E-state index contributed by atoms with van der Waals surface area (Å²) in [5.41, 5.74) is -1.27. The first-order valence-corrected chi connectivity index (χ1v) is 7.84. The van der Waals surface area contributed by atoms with Gasteiger partial charge in [-0.05, 0) is 56.2 Å². The van der Waals surface area contributed by atoms with Crippen LogP contribution in [0.3, 0.4) is 0 Å². The van der Waals surface area contributed by atoms with Crippen LogP contribution in [0.25, 0.3) is 12.2 Å². The van der Waals surface area contributed by atoms with Crippen molar-refractivity contribution in [2.24, 2.45) is 0 Å². The third kappa shape index (κ3) is 7.66. The van der Waals surface area contributed by atoms with E-state index in [0.717, 1.165) is 5.56 Å². The Kier molecular flexibility index (Phi) is 7.29. The van der Waals surface area contributed by atoms with Gasteiger partial charge in [0.2, 0.25) is 0 Å². The monoisotopic (exact) mass is 358 g/mol. The van der Waals surface area contributed by atoms with Gasteiger partial charge in [0.15, 0.2) is 0 Å². The third-order valence-electron chi connectivity index (χ3n) is 2.58. The fraction of sp³-hybridized carbons (Fsp3) is 0.353. The van der Waals surface area contributed by atoms with Crippen LogP contribution < -0.4 is 0 Å². The van der Waals surface area contributed by atoms with Crippen LogP contribution >= 0.6 is 23.2 Å². The number of carbonyl (C=O) groups is 1. The molecule has 1 aromatic carbocycles. The average molecular weight is 359 g/mol. The summed E-state index contributed by atoms with van der Waals surface area (Å²) >= 11 is 11.0. The van der Waals surface area contributed by atoms with Crippen LogP contribution in [0.5, 0.6) is 0 Å². The fourth-order valence-electron chi connectivity index (χ4n) is 1.72. The number of hydrogen-bond donors (Lipinski definition) is 2. The van der Waals surface area contributed by atoms with Gasteiger partial charge in [0.05, 0.1) is 5.56 Å². The Morgan fingerprint density at radius 3 is 2.22 bits per heavy atom. The second kappa shape index (κ2) is 8.50. The van der Waals surface area contributed by atoms with E-state index in [2.05, 4.69) is 0 Å². The van der Waals surface area contributed by atoms with E-state index in [1.165, 1.54) is 18.2 Å². The lowest BCUT2D eigenvalue weighted by atomic mass is 10.0. The summed E-state index contributed by atoms with van der Waals surface area (Å²) in [7, 11) is 0. The number of alkyl halides is 2. The SMILES string of the molecule is CC(C)(C)OC(=O)c1ccc(/C=C/C(O)Cl)cc1/C=C/C(O)Cl. The molecule has 0 spiro atoms. The zero-order valence-electron chi connectivity index (χ0n) is 13.2. The summed E-state index contributed by atoms with van der Waals surface area (Å²) in [6.07, 6.45) is 5.89. The minimum Gasteiger partial charge on any atom is -0.456 e. The highest BCUT2D eigenvalue weighted by molar-refractivity contribution is 6.21. The summed E-state index contributed by atoms with van der Waals surface area (Å²) in [6, 6.07) is 5.00. The van der Waals surface area contributed by atoms with Crippen LogP contribution in [0.1, 0.15) is 42.3 Å². The van der Waals surface area contributed by atoms with Crippen molar-refractivity contribution in [2.75, 3.05) is 0 Å². The van der Waals surface area contributed by atoms with Crippen molar-refractivity contribution in [3.63, 3.8) is 0 Å². The molecule has 0 bridgehead atoms. The molecular weight excluding hydrogens is 339 g/mol. The van der Waals surface area contributed by atoms with Gasteiger partial charge in [0.25, 0.3) is 0 Å². The number of aliphatic hydroxyl groups excluding tert-OH is 2. The number of rotatable bonds is 5. The number of ether oxygens (including phenoxy) is 1. The van der Waals surface area contributed by atoms with Crippen molar-refractivity contribution in [1.29, 1.82) is 0 Å². The molecule has 4 nitrogen and oxygen atoms in total. The van der Waals surface area contributed by atoms with Crippen LogP contribution in [0.2, 0.25) is 0 Å². The molecule has 2 N–H and O–H groups in total. The first kappa shape index (κ1) is 19.7. The molecule has 126 valence electrons. The normalized spacial score (nSPS) is 15.1. The van der Waals surface area contributed by atoms with Gasteiger partial charge in [0.1, 0.15) is 16.7 Å². The van der Waals surface area contributed by atoms with E-state index in [4.69, 9.17) is 33.0 Å². The molecule has 0 saturated heterocycles. The number of esters is 1. The Hall–Kier alpha value is -1.33. The first-order chi connectivity index (χ1) is 10.6. The van der Waals surface area contributed by atoms with Crippen LogP contribution in [0.15, 0.2) is 30.4 Å². The van der Waals surface area contributed by atoms with Gasteiger partial charge in [-0.15, -0.1) is 0 Å². The minimum atomic E-state index is -1.16. The molecular formula is C17H20Cl2O4. The van der Waals surface area contributed by atoms with Crippen LogP contribution in [0.4, 0.5) is 0 Å². The van der Waals surface area contributed by atoms with Gasteiger partial charge in [-0.3, -0.25) is 0 Å². The lowest BCUT2D eigenvalue weighted by Gasteiger charge is -2.20. The van der Waals surface area contributed by atoms with E-state index in [1.807, 2.05) is 0 Å². The molecule has 0 aliphatic heterocycles. The standard InChI is InChI=1S/C17H20Cl2O4/c1-17(2,3)23-16(22)13-7-4-11(5-8-14(18)20)10-12(13)6-9-15(19)21/h4-10,14-15,20-21H,1-3H3/b8-5+,9-6+. The zero-order chi connectivity index (χ0) is 17.6. The smallest absolute Gasteiger partial charge is 0.339 e. The number of hydrogen-bond acceptors (Lipinski definition) is 4. The Bertz CT molecular complexity index is 599. The molecule has 0 aliphatic rings. The Balaban J connectivity index is 3.20. The predicted octanol–water partition coefficient (Wildman–Crippen LogP) is 3.78. The number of benzene rings is 1. The summed E-state index contributed by atoms with van der Waals surface area (Å²) in [5.74, 6) is -0.478. The van der Waals surface area contributed by atoms with Crippen LogP contribution in [0, 0.1) is 0 Å². The largest absolute Gasteiger partial charge is 0.456 e. The topological polar surface area (TPSA) is 66.8 Å². The molecule has 0 aliphatic carbocycles. The summed E-state index contributed by atoms with van der Waals surface area (Å²) in [6.45, 7) is 5.34. The highest BCUT2D eigenvalue weighted by atomic mass is 35.5. The number of aliphatic hydroxyl groups is 2. The molecule has 0 saturated carbocycles. The molecule has 0 aromatic heterocycles. The molecule has 2 atom stereocenters. The van der Waals surface area contributed by atoms with Gasteiger partial charge < -0.3 is 14.9 Å². The molecule has 23 heavy (non-hydrogen) atoms. The van der Waals surface area contributed by atoms with Crippen molar-refractivity contribution >= 4 is 41.3 Å². The second-order valence-electron chi connectivity index (χ2n) is 5.81. The van der Waals surface area contributed by atoms with E-state index >= 15 is 0 Å². The first-order valence-electron chi connectivity index (χ1n) is 6.96. The minimum absolute atomic E-state index is 0.345. The van der Waals surface area contributed by atoms with Gasteiger partial charge in [-0.2, -0.15) is 0 Å². The average Bonchev–Trinajstić information content (AvgIpc) is 2.40. The van der Waals surface area contributed by atoms with E-state index in [0.29, 0.717) is 11.1 Å². The molecule has 0 amide bonds. The molecule has 0 radical (unpaired) electrons. The third-order valence-corrected chi connectivity index (χ3v) is 2.87. The Labute approximate surface area is 146 Å². The van der Waals surface area contributed by atoms with E-state index in [-0.39, 0.29) is 0 Å². The second-order valence-corrected chi connectivity index (χ2v) is 6.71. The van der Waals surface area contributed by atoms with Crippen molar-refractivity contribution in [2.45, 2.75) is 37.5 Å². The number of carbonyl (C=O) groups excluding carboxylic acids is 1. The summed E-state index contributed by atoms with van der Waals surface area (Å²) in [5, 5.41) is 18.2.